The lowest BCUT2D eigenvalue weighted by Crippen LogP contribution is -2.50. The van der Waals surface area contributed by atoms with Crippen LogP contribution in [-0.2, 0) is 64.1 Å². The van der Waals surface area contributed by atoms with Crippen molar-refractivity contribution < 1.29 is 59.7 Å². The van der Waals surface area contributed by atoms with Crippen molar-refractivity contribution in [3.05, 3.63) is 176 Å². The van der Waals surface area contributed by atoms with Crippen LogP contribution in [0.2, 0.25) is 0 Å². The number of hydrogen-bond acceptors (Lipinski definition) is 10. The molecule has 0 saturated carbocycles. The van der Waals surface area contributed by atoms with E-state index in [-0.39, 0.29) is 56.3 Å². The Morgan fingerprint density at radius 2 is 1.17 bits per heavy atom. The van der Waals surface area contributed by atoms with Crippen LogP contribution < -0.4 is 19.7 Å². The highest BCUT2D eigenvalue weighted by Gasteiger charge is 2.39. The first-order valence-corrected chi connectivity index (χ1v) is 25.6. The highest BCUT2D eigenvalue weighted by Crippen LogP contribution is 2.45. The SMILES string of the molecule is CN(C(=O)OCc1ccccc1)C(CC(=O)OC(C)(C)C)C(=O)N1CCc2cc(OCc3cc(-c4ccccc4)c(C(F)(F)F)s3)ccc21.Cl.FC(F)(F)c1sc(COc2ccc3c(c2)CCN3)cc1-c1ccccc1. The topological polar surface area (TPSA) is 107 Å². The Bertz CT molecular complexity index is 3110. The van der Waals surface area contributed by atoms with Crippen molar-refractivity contribution in [2.75, 3.05) is 30.4 Å². The van der Waals surface area contributed by atoms with Gasteiger partial charge in [-0.2, -0.15) is 26.3 Å². The lowest BCUT2D eigenvalue weighted by atomic mass is 10.1. The molecule has 1 N–H and O–H groups in total. The van der Waals surface area contributed by atoms with Gasteiger partial charge < -0.3 is 29.2 Å². The molecule has 7 aromatic rings. The van der Waals surface area contributed by atoms with E-state index >= 15 is 0 Å². The molecule has 1 unspecified atom stereocenters. The molecule has 400 valence electrons. The number of benzene rings is 5. The number of nitrogens with one attached hydrogen (secondary N) is 1. The minimum Gasteiger partial charge on any atom is -0.488 e. The molecule has 0 saturated heterocycles. The predicted octanol–water partition coefficient (Wildman–Crippen LogP) is 14.7. The molecule has 1 atom stereocenters. The van der Waals surface area contributed by atoms with Gasteiger partial charge in [-0.3, -0.25) is 14.5 Å². The molecule has 4 heterocycles. The normalized spacial score (nSPS) is 13.2. The van der Waals surface area contributed by atoms with Crippen LogP contribution in [0.25, 0.3) is 22.3 Å². The monoisotopic (exact) mass is 1110 g/mol. The smallest absolute Gasteiger partial charge is 0.426 e. The number of ether oxygens (including phenoxy) is 4. The number of alkyl halides is 6. The summed E-state index contributed by atoms with van der Waals surface area (Å²) in [6, 6.07) is 38.8. The number of esters is 1. The number of rotatable bonds is 14. The molecule has 2 aliphatic rings. The molecule has 0 radical (unpaired) electrons. The summed E-state index contributed by atoms with van der Waals surface area (Å²) >= 11 is 1.39. The van der Waals surface area contributed by atoms with Crippen molar-refractivity contribution in [3.8, 4) is 33.8 Å². The van der Waals surface area contributed by atoms with E-state index in [1.54, 1.807) is 118 Å². The highest BCUT2D eigenvalue weighted by molar-refractivity contribution is 7.13. The lowest BCUT2D eigenvalue weighted by molar-refractivity contribution is -0.157. The molecule has 10 nitrogen and oxygen atoms in total. The second-order valence-corrected chi connectivity index (χ2v) is 21.0. The quantitative estimate of drug-likeness (QED) is 0.0848. The van der Waals surface area contributed by atoms with E-state index in [4.69, 9.17) is 18.9 Å². The van der Waals surface area contributed by atoms with Crippen LogP contribution in [0.5, 0.6) is 11.5 Å². The molecule has 19 heteroatoms. The fourth-order valence-electron chi connectivity index (χ4n) is 8.55. The largest absolute Gasteiger partial charge is 0.488 e. The number of nitrogens with zero attached hydrogens (tertiary/aromatic N) is 2. The first kappa shape index (κ1) is 56.7. The average molecular weight is 1110 g/mol. The molecule has 76 heavy (non-hydrogen) atoms. The predicted molar refractivity (Wildman–Crippen MR) is 285 cm³/mol. The standard InChI is InChI=1S/C37H37F3N2O6S.C20H16F3NOS.ClH/c1-36(2,3)48-32(43)21-31(41(4)35(45)47-22-24-11-7-5-8-12-24)34(44)42-18-17-26-19-27(15-16-30(26)42)46-23-28-20-29(25-13-9-6-10-14-25)33(49-28)37(38,39)40;21-20(22,23)19-17(13-4-2-1-3-5-13)11-16(26-19)12-25-15-6-7-18-14(10-15)8-9-24-18;/h5-16,19-20,31H,17-18,21-23H2,1-4H3;1-7,10-11,24H,8-9,12H2;1H. The summed E-state index contributed by atoms with van der Waals surface area (Å²) < 4.78 is 104. The van der Waals surface area contributed by atoms with Crippen molar-refractivity contribution >= 4 is 64.4 Å². The van der Waals surface area contributed by atoms with Crippen LogP contribution in [0.1, 0.15) is 63.4 Å². The lowest BCUT2D eigenvalue weighted by Gasteiger charge is -2.31. The number of hydrogen-bond donors (Lipinski definition) is 1. The second kappa shape index (κ2) is 24.3. The Kier molecular flexibility index (Phi) is 18.1. The molecule has 2 aliphatic heterocycles. The number of likely N-dealkylation sites (N-methyl/N-ethyl adjacent to an activating group) is 1. The third kappa shape index (κ3) is 14.5. The van der Waals surface area contributed by atoms with Crippen LogP contribution in [0.4, 0.5) is 42.5 Å². The maximum atomic E-state index is 14.0. The van der Waals surface area contributed by atoms with Gasteiger partial charge in [0.25, 0.3) is 5.91 Å². The summed E-state index contributed by atoms with van der Waals surface area (Å²) in [6.45, 7) is 6.37. The van der Waals surface area contributed by atoms with Gasteiger partial charge in [-0.1, -0.05) is 91.0 Å². The molecule has 0 aliphatic carbocycles. The zero-order chi connectivity index (χ0) is 53.5. The number of amides is 2. The first-order chi connectivity index (χ1) is 35.7. The first-order valence-electron chi connectivity index (χ1n) is 23.9. The van der Waals surface area contributed by atoms with Gasteiger partial charge >= 0.3 is 24.4 Å². The average Bonchev–Trinajstić information content (AvgIpc) is 4.23. The Balaban J connectivity index is 0.000000261. The van der Waals surface area contributed by atoms with Crippen LogP contribution >= 0.6 is 35.1 Å². The van der Waals surface area contributed by atoms with Gasteiger partial charge in [0, 0.05) is 52.4 Å². The molecule has 5 aromatic carbocycles. The molecule has 0 fully saturated rings. The van der Waals surface area contributed by atoms with Crippen LogP contribution in [0.3, 0.4) is 0 Å². The van der Waals surface area contributed by atoms with Crippen LogP contribution in [0.15, 0.2) is 140 Å². The third-order valence-corrected chi connectivity index (χ3v) is 14.3. The summed E-state index contributed by atoms with van der Waals surface area (Å²) in [7, 11) is 1.41. The van der Waals surface area contributed by atoms with E-state index in [0.29, 0.717) is 55.8 Å². The number of carbonyl (C=O) groups excluding carboxylic acids is 3. The van der Waals surface area contributed by atoms with Gasteiger partial charge in [0.1, 0.15) is 52.7 Å². The summed E-state index contributed by atoms with van der Waals surface area (Å²) in [6.07, 6.45) is -8.64. The van der Waals surface area contributed by atoms with Gasteiger partial charge in [0.2, 0.25) is 0 Å². The Hall–Kier alpha value is -7.02. The van der Waals surface area contributed by atoms with Crippen LogP contribution in [0, 0.1) is 0 Å². The molecule has 9 rings (SSSR count). The summed E-state index contributed by atoms with van der Waals surface area (Å²) in [5.74, 6) is -0.0163. The maximum Gasteiger partial charge on any atom is 0.426 e. The van der Waals surface area contributed by atoms with E-state index < -0.39 is 51.7 Å². The zero-order valence-corrected chi connectivity index (χ0v) is 44.2. The van der Waals surface area contributed by atoms with Crippen molar-refractivity contribution in [1.82, 2.24) is 4.90 Å². The van der Waals surface area contributed by atoms with Gasteiger partial charge in [0.15, 0.2) is 0 Å². The second-order valence-electron chi connectivity index (χ2n) is 18.7. The Labute approximate surface area is 450 Å². The van der Waals surface area contributed by atoms with Gasteiger partial charge in [-0.25, -0.2) is 4.79 Å². The van der Waals surface area contributed by atoms with E-state index in [2.05, 4.69) is 5.32 Å². The summed E-state index contributed by atoms with van der Waals surface area (Å²) in [5, 5.41) is 3.27. The minimum absolute atomic E-state index is 0. The molecular weight excluding hydrogens is 1050 g/mol. The summed E-state index contributed by atoms with van der Waals surface area (Å²) in [5.41, 5.74) is 4.95. The Morgan fingerprint density at radius 1 is 0.658 bits per heavy atom. The maximum absolute atomic E-state index is 14.0. The van der Waals surface area contributed by atoms with E-state index in [9.17, 15) is 40.7 Å². The molecule has 2 amide bonds. The number of carbonyl (C=O) groups is 3. The Morgan fingerprint density at radius 3 is 1.70 bits per heavy atom. The van der Waals surface area contributed by atoms with Crippen LogP contribution in [-0.4, -0.2) is 54.6 Å². The highest BCUT2D eigenvalue weighted by atomic mass is 35.5. The zero-order valence-electron chi connectivity index (χ0n) is 41.8. The number of anilines is 2. The van der Waals surface area contributed by atoms with Crippen molar-refractivity contribution in [3.63, 3.8) is 0 Å². The fourth-order valence-corrected chi connectivity index (χ4v) is 10.5. The minimum atomic E-state index is -4.51. The van der Waals surface area contributed by atoms with Gasteiger partial charge in [-0.15, -0.1) is 35.1 Å². The number of fused-ring (bicyclic) bond motifs is 2. The van der Waals surface area contributed by atoms with E-state index in [0.717, 1.165) is 46.0 Å². The summed E-state index contributed by atoms with van der Waals surface area (Å²) in [4.78, 5) is 42.3. The van der Waals surface area contributed by atoms with Gasteiger partial charge in [-0.05, 0) is 110 Å². The number of thiophene rings is 2. The third-order valence-electron chi connectivity index (χ3n) is 12.0. The molecule has 2 aromatic heterocycles. The van der Waals surface area contributed by atoms with Gasteiger partial charge in [0.05, 0.1) is 6.42 Å². The molecule has 0 bridgehead atoms. The van der Waals surface area contributed by atoms with Crippen molar-refractivity contribution in [2.24, 2.45) is 0 Å². The molecular formula is C57H54ClF6N3O7S2. The fraction of sp³-hybridized carbons (Fsp3) is 0.281. The number of halogens is 7. The molecule has 0 spiro atoms. The van der Waals surface area contributed by atoms with Crippen molar-refractivity contribution in [1.29, 1.82) is 0 Å². The van der Waals surface area contributed by atoms with E-state index in [1.807, 2.05) is 36.4 Å². The van der Waals surface area contributed by atoms with E-state index in [1.165, 1.54) is 23.6 Å². The van der Waals surface area contributed by atoms with Crippen molar-refractivity contribution in [2.45, 2.75) is 83.8 Å².